The Morgan fingerprint density at radius 3 is 0.970 bits per heavy atom. The van der Waals surface area contributed by atoms with Gasteiger partial charge in [-0.1, -0.05) is 267 Å². The molecule has 0 spiro atoms. The number of fused-ring (bicyclic) bond motifs is 8. The normalized spacial score (nSPS) is 17.7. The number of hydrogen-bond acceptors (Lipinski definition) is 5. The summed E-state index contributed by atoms with van der Waals surface area (Å²) in [6, 6.07) is 128. The predicted octanol–water partition coefficient (Wildman–Crippen LogP) is 20.0. The maximum absolute atomic E-state index is 2.92. The van der Waals surface area contributed by atoms with Crippen LogP contribution in [0.1, 0.15) is 32.1 Å². The van der Waals surface area contributed by atoms with E-state index in [1.54, 1.807) is 0 Å². The third-order valence-electron chi connectivity index (χ3n) is 23.2. The van der Waals surface area contributed by atoms with Gasteiger partial charge in [0.25, 0.3) is 13.4 Å². The van der Waals surface area contributed by atoms with Gasteiger partial charge in [-0.05, 0) is 177 Å². The molecule has 0 amide bonds. The minimum atomic E-state index is -0.218. The number of hydrogen-bond donors (Lipinski definition) is 0. The number of piperidine rings is 2. The fourth-order valence-electron chi connectivity index (χ4n) is 19.4. The Kier molecular flexibility index (Phi) is 13.1. The minimum Gasteiger partial charge on any atom is -0.365 e. The quantitative estimate of drug-likeness (QED) is 0.127. The van der Waals surface area contributed by atoms with E-state index in [1.807, 2.05) is 0 Å². The van der Waals surface area contributed by atoms with Gasteiger partial charge in [0.2, 0.25) is 0 Å². The minimum absolute atomic E-state index is 0.128. The molecule has 2 aliphatic carbocycles. The molecule has 100 heavy (non-hydrogen) atoms. The number of rotatable bonds is 10. The van der Waals surface area contributed by atoms with Crippen LogP contribution >= 0.6 is 0 Å². The Hall–Kier alpha value is -11.8. The highest BCUT2D eigenvalue weighted by Gasteiger charge is 2.52. The molecular formula is C93H69B2N5. The molecule has 8 aliphatic rings. The average molecular weight is 1280 g/mol. The van der Waals surface area contributed by atoms with E-state index < -0.39 is 0 Å². The van der Waals surface area contributed by atoms with Gasteiger partial charge >= 0.3 is 0 Å². The van der Waals surface area contributed by atoms with Gasteiger partial charge in [0.05, 0.1) is 11.4 Å². The predicted molar refractivity (Wildman–Crippen MR) is 422 cm³/mol. The second-order valence-electron chi connectivity index (χ2n) is 28.7. The van der Waals surface area contributed by atoms with Crippen LogP contribution in [0.2, 0.25) is 0 Å². The first-order valence-corrected chi connectivity index (χ1v) is 36.0. The lowest BCUT2D eigenvalue weighted by Gasteiger charge is -2.58. The van der Waals surface area contributed by atoms with E-state index in [0.717, 1.165) is 107 Å². The van der Waals surface area contributed by atoms with Crippen molar-refractivity contribution in [3.63, 3.8) is 0 Å². The van der Waals surface area contributed by atoms with Crippen LogP contribution in [0, 0.1) is 11.8 Å². The molecule has 22 rings (SSSR count). The third kappa shape index (κ3) is 8.83. The molecule has 4 bridgehead atoms. The second-order valence-corrected chi connectivity index (χ2v) is 28.7. The van der Waals surface area contributed by atoms with Gasteiger partial charge in [0, 0.05) is 96.9 Å². The van der Waals surface area contributed by atoms with Crippen molar-refractivity contribution >= 4 is 120 Å². The van der Waals surface area contributed by atoms with Gasteiger partial charge in [0.15, 0.2) is 0 Å². The zero-order valence-electron chi connectivity index (χ0n) is 55.5. The summed E-state index contributed by atoms with van der Waals surface area (Å²) in [7, 11) is 0. The summed E-state index contributed by atoms with van der Waals surface area (Å²) in [5.74, 6) is 1.65. The lowest BCUT2D eigenvalue weighted by atomic mass is 9.30. The highest BCUT2D eigenvalue weighted by molar-refractivity contribution is 7.03. The molecule has 6 heterocycles. The van der Waals surface area contributed by atoms with Gasteiger partial charge in [0.1, 0.15) is 0 Å². The van der Waals surface area contributed by atoms with Crippen molar-refractivity contribution in [2.45, 2.75) is 44.2 Å². The van der Waals surface area contributed by atoms with Crippen molar-refractivity contribution in [1.29, 1.82) is 0 Å². The van der Waals surface area contributed by atoms with Crippen LogP contribution in [-0.2, 0) is 0 Å². The lowest BCUT2D eigenvalue weighted by Crippen LogP contribution is -2.65. The van der Waals surface area contributed by atoms with E-state index in [-0.39, 0.29) is 13.4 Å². The molecule has 0 unspecified atom stereocenters. The third-order valence-corrected chi connectivity index (χ3v) is 23.2. The Labute approximate surface area is 586 Å². The van der Waals surface area contributed by atoms with Gasteiger partial charge in [-0.3, -0.25) is 0 Å². The topological polar surface area (TPSA) is 16.2 Å². The van der Waals surface area contributed by atoms with Crippen molar-refractivity contribution in [2.24, 2.45) is 11.8 Å². The fraction of sp³-hybridized carbons (Fsp3) is 0.0968. The second kappa shape index (κ2) is 22.9. The summed E-state index contributed by atoms with van der Waals surface area (Å²) >= 11 is 0. The first kappa shape index (κ1) is 57.3. The molecule has 2 saturated heterocycles. The maximum Gasteiger partial charge on any atom is 0.252 e. The molecule has 0 aromatic heterocycles. The van der Waals surface area contributed by atoms with E-state index >= 15 is 0 Å². The molecule has 14 aromatic carbocycles. The number of anilines is 13. The number of nitrogens with zero attached hydrogens (tertiary/aromatic N) is 5. The summed E-state index contributed by atoms with van der Waals surface area (Å²) in [4.78, 5) is 13.6. The fourth-order valence-corrected chi connectivity index (χ4v) is 19.4. The van der Waals surface area contributed by atoms with Gasteiger partial charge in [-0.2, -0.15) is 0 Å². The smallest absolute Gasteiger partial charge is 0.252 e. The van der Waals surface area contributed by atoms with Crippen LogP contribution < -0.4 is 57.3 Å². The SMILES string of the molecule is c1ccc(-c2cc3c4c(c2)N(c2c(-c5ccccc5)cccc2-c2ccccc2)c2cc5c(cc2B4c2ccccc2N3c2c(-c3ccccc3)cccc2-c2ccccc2)B2c3ccccc3N(c3ccccc3)c3cc(N4C6CC7CC(C6)CC4C7)cc(c32)N5c2ccccc2)cc1. The molecule has 0 atom stereocenters. The Bertz CT molecular complexity index is 5400. The van der Waals surface area contributed by atoms with Crippen molar-refractivity contribution in [1.82, 2.24) is 0 Å². The van der Waals surface area contributed by atoms with Crippen molar-refractivity contribution < 1.29 is 0 Å². The summed E-state index contributed by atoms with van der Waals surface area (Å²) < 4.78 is 0. The van der Waals surface area contributed by atoms with Crippen LogP contribution in [0.3, 0.4) is 0 Å². The zero-order chi connectivity index (χ0) is 65.5. The van der Waals surface area contributed by atoms with Crippen LogP contribution in [0.5, 0.6) is 0 Å². The van der Waals surface area contributed by atoms with Gasteiger partial charge < -0.3 is 24.5 Å². The van der Waals surface area contributed by atoms with Crippen LogP contribution in [0.25, 0.3) is 55.6 Å². The molecule has 0 N–H and O–H groups in total. The van der Waals surface area contributed by atoms with E-state index in [1.165, 1.54) is 99.0 Å². The van der Waals surface area contributed by atoms with Crippen LogP contribution in [-0.4, -0.2) is 25.5 Å². The first-order valence-electron chi connectivity index (χ1n) is 36.0. The summed E-state index contributed by atoms with van der Waals surface area (Å²) in [6.45, 7) is -0.346. The Morgan fingerprint density at radius 2 is 0.550 bits per heavy atom. The zero-order valence-corrected chi connectivity index (χ0v) is 55.5. The largest absolute Gasteiger partial charge is 0.365 e. The van der Waals surface area contributed by atoms with Crippen LogP contribution in [0.15, 0.2) is 334 Å². The van der Waals surface area contributed by atoms with E-state index in [2.05, 4.69) is 358 Å². The van der Waals surface area contributed by atoms with Crippen molar-refractivity contribution in [2.75, 3.05) is 24.5 Å². The molecule has 6 aliphatic heterocycles. The first-order chi connectivity index (χ1) is 49.6. The van der Waals surface area contributed by atoms with Gasteiger partial charge in [-0.15, -0.1) is 0 Å². The van der Waals surface area contributed by atoms with E-state index in [0.29, 0.717) is 12.1 Å². The monoisotopic (exact) mass is 1280 g/mol. The highest BCUT2D eigenvalue weighted by atomic mass is 15.2. The molecule has 0 radical (unpaired) electrons. The van der Waals surface area contributed by atoms with Gasteiger partial charge in [-0.25, -0.2) is 0 Å². The van der Waals surface area contributed by atoms with Crippen LogP contribution in [0.4, 0.5) is 73.9 Å². The number of para-hydroxylation sites is 6. The molecule has 472 valence electrons. The summed E-state index contributed by atoms with van der Waals surface area (Å²) in [5, 5.41) is 0. The van der Waals surface area contributed by atoms with E-state index in [4.69, 9.17) is 0 Å². The number of benzene rings is 14. The molecular weight excluding hydrogens is 1210 g/mol. The molecule has 5 nitrogen and oxygen atoms in total. The maximum atomic E-state index is 2.92. The molecule has 4 fully saturated rings. The lowest BCUT2D eigenvalue weighted by molar-refractivity contribution is 0.0900. The Morgan fingerprint density at radius 1 is 0.220 bits per heavy atom. The molecule has 14 aromatic rings. The Balaban J connectivity index is 0.914. The molecule has 2 saturated carbocycles. The average Bonchev–Trinajstić information content (AvgIpc) is 0.681. The van der Waals surface area contributed by atoms with Crippen molar-refractivity contribution in [3.8, 4) is 55.6 Å². The standard InChI is InChI=1S/C93H69B2N5/c1-8-28-63(29-9-1)68-55-86-90-87(56-68)100(93-76(66-34-14-4-15-35-66)44-27-45-77(93)67-36-16-5-17-37-67)85-60-84-80(59-81(85)95(90)79-47-23-25-49-83(79)99(86)92-74(64-30-10-2-11-31-64)42-26-43-75(92)65-32-12-3-13-33-65)94-78-46-22-24-48-82(78)97(69-38-18-6-19-39-69)88-57-73(96-71-51-61-50-62(53-71)54-72(96)52-61)58-89(91(88)94)98(84)70-40-20-7-21-41-70/h1-49,55-62,71-72H,50-54H2. The summed E-state index contributed by atoms with van der Waals surface area (Å²) in [5.41, 5.74) is 34.8. The summed E-state index contributed by atoms with van der Waals surface area (Å²) in [6.07, 6.45) is 6.52. The van der Waals surface area contributed by atoms with E-state index in [9.17, 15) is 0 Å². The van der Waals surface area contributed by atoms with Crippen molar-refractivity contribution in [3.05, 3.63) is 334 Å². The highest BCUT2D eigenvalue weighted by Crippen LogP contribution is 2.57. The molecule has 7 heteroatoms.